The lowest BCUT2D eigenvalue weighted by Gasteiger charge is -2.30. The number of rotatable bonds is 3. The van der Waals surface area contributed by atoms with Gasteiger partial charge in [0.05, 0.1) is 23.1 Å². The predicted molar refractivity (Wildman–Crippen MR) is 94.7 cm³/mol. The number of nitrogens with zero attached hydrogens (tertiary/aromatic N) is 1. The molecule has 23 heavy (non-hydrogen) atoms. The molecule has 0 saturated heterocycles. The van der Waals surface area contributed by atoms with Crippen LogP contribution in [0.15, 0.2) is 28.9 Å². The lowest BCUT2D eigenvalue weighted by atomic mass is 9.91. The number of halogens is 1. The highest BCUT2D eigenvalue weighted by atomic mass is 79.9. The number of fused-ring (bicyclic) bond motifs is 1. The molecule has 1 aromatic heterocycles. The Morgan fingerprint density at radius 1 is 1.26 bits per heavy atom. The van der Waals surface area contributed by atoms with Gasteiger partial charge in [0.25, 0.3) is 0 Å². The molecule has 5 N–H and O–H groups in total. The van der Waals surface area contributed by atoms with Gasteiger partial charge in [-0.3, -0.25) is 4.98 Å². The van der Waals surface area contributed by atoms with Crippen LogP contribution in [0.5, 0.6) is 0 Å². The number of pyridine rings is 1. The third-order valence-corrected chi connectivity index (χ3v) is 4.76. The Hall–Kier alpha value is -2.02. The molecule has 1 saturated carbocycles. The van der Waals surface area contributed by atoms with E-state index in [1.807, 2.05) is 18.2 Å². The van der Waals surface area contributed by atoms with Gasteiger partial charge in [0.15, 0.2) is 0 Å². The molecule has 0 spiro atoms. The minimum Gasteiger partial charge on any atom is -0.465 e. The van der Waals surface area contributed by atoms with E-state index in [4.69, 9.17) is 10.8 Å². The Morgan fingerprint density at radius 3 is 2.65 bits per heavy atom. The van der Waals surface area contributed by atoms with Gasteiger partial charge in [-0.15, -0.1) is 0 Å². The van der Waals surface area contributed by atoms with Crippen molar-refractivity contribution in [2.45, 2.75) is 37.8 Å². The number of carbonyl (C=O) groups is 1. The smallest absolute Gasteiger partial charge is 0.404 e. The lowest BCUT2D eigenvalue weighted by Crippen LogP contribution is -2.39. The van der Waals surface area contributed by atoms with E-state index < -0.39 is 6.09 Å². The SMILES string of the molecule is Nc1cnc2ccc(Br)cc2c1N[C@H]1CC[C@H](NC(=O)O)CC1. The van der Waals surface area contributed by atoms with Gasteiger partial charge in [0, 0.05) is 21.9 Å². The molecule has 1 aliphatic carbocycles. The zero-order chi connectivity index (χ0) is 16.4. The van der Waals surface area contributed by atoms with Crippen molar-refractivity contribution in [1.29, 1.82) is 0 Å². The van der Waals surface area contributed by atoms with Crippen LogP contribution < -0.4 is 16.4 Å². The largest absolute Gasteiger partial charge is 0.465 e. The molecule has 122 valence electrons. The van der Waals surface area contributed by atoms with Gasteiger partial charge in [0.1, 0.15) is 0 Å². The van der Waals surface area contributed by atoms with Crippen molar-refractivity contribution < 1.29 is 9.90 Å². The maximum Gasteiger partial charge on any atom is 0.404 e. The summed E-state index contributed by atoms with van der Waals surface area (Å²) in [5.74, 6) is 0. The van der Waals surface area contributed by atoms with Crippen LogP contribution in [0.25, 0.3) is 10.9 Å². The first-order chi connectivity index (χ1) is 11.0. The second-order valence-electron chi connectivity index (χ2n) is 5.89. The number of nitrogens with two attached hydrogens (primary N) is 1. The molecule has 0 unspecified atom stereocenters. The molecular formula is C16H19BrN4O2. The Kier molecular flexibility index (Phi) is 4.56. The number of hydrogen-bond acceptors (Lipinski definition) is 4. The Balaban J connectivity index is 1.76. The maximum absolute atomic E-state index is 10.7. The van der Waals surface area contributed by atoms with Crippen molar-refractivity contribution in [3.63, 3.8) is 0 Å². The van der Waals surface area contributed by atoms with Crippen molar-refractivity contribution in [2.24, 2.45) is 0 Å². The van der Waals surface area contributed by atoms with Gasteiger partial charge in [-0.1, -0.05) is 15.9 Å². The topological polar surface area (TPSA) is 100 Å². The van der Waals surface area contributed by atoms with E-state index in [2.05, 4.69) is 31.5 Å². The second-order valence-corrected chi connectivity index (χ2v) is 6.81. The second kappa shape index (κ2) is 6.62. The average molecular weight is 379 g/mol. The molecule has 0 atom stereocenters. The average Bonchev–Trinajstić information content (AvgIpc) is 2.51. The lowest BCUT2D eigenvalue weighted by molar-refractivity contribution is 0.185. The van der Waals surface area contributed by atoms with Crippen molar-refractivity contribution in [3.8, 4) is 0 Å². The molecular weight excluding hydrogens is 360 g/mol. The molecule has 1 fully saturated rings. The number of hydrogen-bond donors (Lipinski definition) is 4. The van der Waals surface area contributed by atoms with Crippen LogP contribution in [0.2, 0.25) is 0 Å². The fraction of sp³-hybridized carbons (Fsp3) is 0.375. The summed E-state index contributed by atoms with van der Waals surface area (Å²) < 4.78 is 0.981. The number of nitrogens with one attached hydrogen (secondary N) is 2. The minimum absolute atomic E-state index is 0.0474. The van der Waals surface area contributed by atoms with Crippen LogP contribution in [0.1, 0.15) is 25.7 Å². The van der Waals surface area contributed by atoms with Crippen molar-refractivity contribution in [3.05, 3.63) is 28.9 Å². The standard InChI is InChI=1S/C16H19BrN4O2/c17-9-1-6-14-12(7-9)15(13(18)8-19-14)20-10-2-4-11(5-3-10)21-16(22)23/h1,6-8,10-11,21H,2-5,18H2,(H,19,20)(H,22,23)/t10-,11-. The van der Waals surface area contributed by atoms with E-state index in [0.29, 0.717) is 5.69 Å². The molecule has 0 aliphatic heterocycles. The van der Waals surface area contributed by atoms with E-state index >= 15 is 0 Å². The molecule has 3 rings (SSSR count). The third kappa shape index (κ3) is 3.67. The van der Waals surface area contributed by atoms with E-state index in [1.54, 1.807) is 6.20 Å². The number of benzene rings is 1. The molecule has 1 heterocycles. The van der Waals surface area contributed by atoms with Crippen LogP contribution in [0.4, 0.5) is 16.2 Å². The Labute approximate surface area is 142 Å². The van der Waals surface area contributed by atoms with Crippen LogP contribution >= 0.6 is 15.9 Å². The monoisotopic (exact) mass is 378 g/mol. The fourth-order valence-corrected chi connectivity index (χ4v) is 3.46. The van der Waals surface area contributed by atoms with Gasteiger partial charge < -0.3 is 21.5 Å². The molecule has 7 heteroatoms. The highest BCUT2D eigenvalue weighted by Gasteiger charge is 2.23. The number of carboxylic acid groups (broad SMARTS) is 1. The first-order valence-electron chi connectivity index (χ1n) is 7.62. The van der Waals surface area contributed by atoms with Crippen LogP contribution in [0, 0.1) is 0 Å². The summed E-state index contributed by atoms with van der Waals surface area (Å²) in [5.41, 5.74) is 8.55. The van der Waals surface area contributed by atoms with Gasteiger partial charge in [-0.25, -0.2) is 4.79 Å². The molecule has 0 radical (unpaired) electrons. The summed E-state index contributed by atoms with van der Waals surface area (Å²) in [6.45, 7) is 0. The van der Waals surface area contributed by atoms with Crippen molar-refractivity contribution >= 4 is 44.3 Å². The first-order valence-corrected chi connectivity index (χ1v) is 8.42. The summed E-state index contributed by atoms with van der Waals surface area (Å²) in [4.78, 5) is 15.1. The number of nitrogen functional groups attached to an aromatic ring is 1. The zero-order valence-electron chi connectivity index (χ0n) is 12.6. The van der Waals surface area contributed by atoms with Crippen LogP contribution in [-0.4, -0.2) is 28.3 Å². The van der Waals surface area contributed by atoms with Crippen LogP contribution in [0.3, 0.4) is 0 Å². The third-order valence-electron chi connectivity index (χ3n) is 4.26. The molecule has 1 amide bonds. The normalized spacial score (nSPS) is 21.1. The van der Waals surface area contributed by atoms with Crippen LogP contribution in [-0.2, 0) is 0 Å². The van der Waals surface area contributed by atoms with Crippen molar-refractivity contribution in [1.82, 2.24) is 10.3 Å². The Morgan fingerprint density at radius 2 is 1.96 bits per heavy atom. The number of anilines is 2. The summed E-state index contributed by atoms with van der Waals surface area (Å²) in [7, 11) is 0. The summed E-state index contributed by atoms with van der Waals surface area (Å²) in [6.07, 6.45) is 4.20. The van der Waals surface area contributed by atoms with Gasteiger partial charge in [-0.2, -0.15) is 0 Å². The molecule has 2 aromatic rings. The van der Waals surface area contributed by atoms with E-state index in [-0.39, 0.29) is 12.1 Å². The number of aromatic nitrogens is 1. The van der Waals surface area contributed by atoms with Gasteiger partial charge >= 0.3 is 6.09 Å². The highest BCUT2D eigenvalue weighted by Crippen LogP contribution is 2.32. The first kappa shape index (κ1) is 15.9. The van der Waals surface area contributed by atoms with Gasteiger partial charge in [-0.05, 0) is 43.9 Å². The van der Waals surface area contributed by atoms with Gasteiger partial charge in [0.2, 0.25) is 0 Å². The minimum atomic E-state index is -0.948. The predicted octanol–water partition coefficient (Wildman–Crippen LogP) is 3.57. The zero-order valence-corrected chi connectivity index (χ0v) is 14.1. The quantitative estimate of drug-likeness (QED) is 0.653. The summed E-state index contributed by atoms with van der Waals surface area (Å²) in [6, 6.07) is 6.26. The van der Waals surface area contributed by atoms with E-state index in [1.165, 1.54) is 0 Å². The molecule has 6 nitrogen and oxygen atoms in total. The Bertz CT molecular complexity index is 724. The summed E-state index contributed by atoms with van der Waals surface area (Å²) >= 11 is 3.49. The molecule has 0 bridgehead atoms. The summed E-state index contributed by atoms with van der Waals surface area (Å²) in [5, 5.41) is 15.9. The van der Waals surface area contributed by atoms with Crippen molar-refractivity contribution in [2.75, 3.05) is 11.1 Å². The van der Waals surface area contributed by atoms with E-state index in [0.717, 1.165) is 46.7 Å². The number of amides is 1. The molecule has 1 aromatic carbocycles. The molecule has 1 aliphatic rings. The highest BCUT2D eigenvalue weighted by molar-refractivity contribution is 9.10. The fourth-order valence-electron chi connectivity index (χ4n) is 3.10. The van der Waals surface area contributed by atoms with E-state index in [9.17, 15) is 4.79 Å². The maximum atomic E-state index is 10.7.